The molecule has 0 aliphatic carbocycles. The average molecular weight is 307 g/mol. The van der Waals surface area contributed by atoms with Gasteiger partial charge in [0.1, 0.15) is 11.6 Å². The first-order valence-corrected chi connectivity index (χ1v) is 6.04. The SMILES string of the molecule is CC(CCc1cc(F)c(Br)cc1F)CC(=O)O. The molecule has 1 aromatic rings. The zero-order valence-corrected chi connectivity index (χ0v) is 10.9. The molecule has 0 heterocycles. The van der Waals surface area contributed by atoms with Crippen LogP contribution in [0, 0.1) is 17.6 Å². The summed E-state index contributed by atoms with van der Waals surface area (Å²) in [6.45, 7) is 1.78. The Morgan fingerprint density at radius 1 is 1.41 bits per heavy atom. The normalized spacial score (nSPS) is 12.5. The molecule has 0 saturated carbocycles. The first-order valence-electron chi connectivity index (χ1n) is 5.25. The van der Waals surface area contributed by atoms with Crippen LogP contribution in [-0.2, 0) is 11.2 Å². The van der Waals surface area contributed by atoms with Crippen molar-refractivity contribution in [3.05, 3.63) is 33.8 Å². The molecule has 1 N–H and O–H groups in total. The minimum atomic E-state index is -0.875. The van der Waals surface area contributed by atoms with Crippen molar-refractivity contribution in [1.29, 1.82) is 0 Å². The topological polar surface area (TPSA) is 37.3 Å². The molecule has 1 atom stereocenters. The third-order valence-electron chi connectivity index (χ3n) is 2.52. The number of aryl methyl sites for hydroxylation is 1. The van der Waals surface area contributed by atoms with Crippen LogP contribution in [0.3, 0.4) is 0 Å². The average Bonchev–Trinajstić information content (AvgIpc) is 2.20. The molecule has 0 radical (unpaired) electrons. The Kier molecular flexibility index (Phi) is 5.05. The van der Waals surface area contributed by atoms with E-state index in [9.17, 15) is 13.6 Å². The zero-order chi connectivity index (χ0) is 13.0. The first-order chi connectivity index (χ1) is 7.90. The van der Waals surface area contributed by atoms with E-state index in [0.717, 1.165) is 12.1 Å². The Balaban J connectivity index is 2.63. The van der Waals surface area contributed by atoms with Gasteiger partial charge in [-0.25, -0.2) is 8.78 Å². The van der Waals surface area contributed by atoms with E-state index in [4.69, 9.17) is 5.11 Å². The Labute approximate surface area is 107 Å². The number of hydrogen-bond acceptors (Lipinski definition) is 1. The molecule has 0 aromatic heterocycles. The number of aliphatic carboxylic acids is 1. The summed E-state index contributed by atoms with van der Waals surface area (Å²) < 4.78 is 26.7. The second-order valence-corrected chi connectivity index (χ2v) is 4.95. The Morgan fingerprint density at radius 3 is 2.65 bits per heavy atom. The van der Waals surface area contributed by atoms with E-state index in [-0.39, 0.29) is 22.4 Å². The van der Waals surface area contributed by atoms with Crippen LogP contribution in [0.2, 0.25) is 0 Å². The van der Waals surface area contributed by atoms with Crippen LogP contribution < -0.4 is 0 Å². The molecule has 0 bridgehead atoms. The molecule has 0 fully saturated rings. The van der Waals surface area contributed by atoms with Crippen LogP contribution in [0.5, 0.6) is 0 Å². The Hall–Kier alpha value is -0.970. The molecule has 0 aliphatic rings. The standard InChI is InChI=1S/C12H13BrF2O2/c1-7(4-12(16)17)2-3-8-5-11(15)9(13)6-10(8)14/h5-7H,2-4H2,1H3,(H,16,17). The van der Waals surface area contributed by atoms with Gasteiger partial charge in [0, 0.05) is 6.42 Å². The molecule has 1 aromatic carbocycles. The third kappa shape index (κ3) is 4.42. The van der Waals surface area contributed by atoms with Crippen molar-refractivity contribution in [3.8, 4) is 0 Å². The van der Waals surface area contributed by atoms with Crippen LogP contribution >= 0.6 is 15.9 Å². The van der Waals surface area contributed by atoms with Crippen molar-refractivity contribution >= 4 is 21.9 Å². The molecule has 17 heavy (non-hydrogen) atoms. The van der Waals surface area contributed by atoms with Crippen molar-refractivity contribution in [1.82, 2.24) is 0 Å². The zero-order valence-electron chi connectivity index (χ0n) is 9.34. The maximum Gasteiger partial charge on any atom is 0.303 e. The Morgan fingerprint density at radius 2 is 2.06 bits per heavy atom. The molecule has 5 heteroatoms. The molecule has 2 nitrogen and oxygen atoms in total. The molecule has 0 spiro atoms. The van der Waals surface area contributed by atoms with Crippen molar-refractivity contribution in [3.63, 3.8) is 0 Å². The lowest BCUT2D eigenvalue weighted by molar-refractivity contribution is -0.138. The van der Waals surface area contributed by atoms with Crippen LogP contribution in [0.25, 0.3) is 0 Å². The van der Waals surface area contributed by atoms with Gasteiger partial charge >= 0.3 is 5.97 Å². The van der Waals surface area contributed by atoms with E-state index in [1.54, 1.807) is 6.92 Å². The van der Waals surface area contributed by atoms with Crippen molar-refractivity contribution in [2.75, 3.05) is 0 Å². The van der Waals surface area contributed by atoms with E-state index in [0.29, 0.717) is 12.8 Å². The lowest BCUT2D eigenvalue weighted by Crippen LogP contribution is -2.06. The molecule has 0 amide bonds. The van der Waals surface area contributed by atoms with Gasteiger partial charge in [-0.05, 0) is 52.4 Å². The van der Waals surface area contributed by atoms with Gasteiger partial charge in [0.05, 0.1) is 4.47 Å². The largest absolute Gasteiger partial charge is 0.481 e. The number of carboxylic acids is 1. The minimum Gasteiger partial charge on any atom is -0.481 e. The first kappa shape index (κ1) is 14.1. The minimum absolute atomic E-state index is 0.0423. The monoisotopic (exact) mass is 306 g/mol. The van der Waals surface area contributed by atoms with Gasteiger partial charge in [-0.15, -0.1) is 0 Å². The quantitative estimate of drug-likeness (QED) is 0.841. The maximum atomic E-state index is 13.4. The Bertz CT molecular complexity index is 421. The number of carbonyl (C=O) groups is 1. The van der Waals surface area contributed by atoms with Crippen LogP contribution in [0.1, 0.15) is 25.3 Å². The van der Waals surface area contributed by atoms with Crippen LogP contribution in [0.15, 0.2) is 16.6 Å². The summed E-state index contributed by atoms with van der Waals surface area (Å²) >= 11 is 2.90. The van der Waals surface area contributed by atoms with E-state index in [2.05, 4.69) is 15.9 Å². The van der Waals surface area contributed by atoms with E-state index >= 15 is 0 Å². The van der Waals surface area contributed by atoms with Gasteiger partial charge in [0.15, 0.2) is 0 Å². The summed E-state index contributed by atoms with van der Waals surface area (Å²) in [7, 11) is 0. The van der Waals surface area contributed by atoms with Gasteiger partial charge in [-0.3, -0.25) is 4.79 Å². The van der Waals surface area contributed by atoms with Gasteiger partial charge < -0.3 is 5.11 Å². The van der Waals surface area contributed by atoms with Crippen molar-refractivity contribution < 1.29 is 18.7 Å². The molecule has 1 rings (SSSR count). The van der Waals surface area contributed by atoms with Crippen LogP contribution in [-0.4, -0.2) is 11.1 Å². The highest BCUT2D eigenvalue weighted by Gasteiger charge is 2.11. The summed E-state index contributed by atoms with van der Waals surface area (Å²) in [6.07, 6.45) is 0.898. The predicted molar refractivity (Wildman–Crippen MR) is 63.8 cm³/mol. The summed E-state index contributed by atoms with van der Waals surface area (Å²) in [4.78, 5) is 10.4. The van der Waals surface area contributed by atoms with Crippen molar-refractivity contribution in [2.24, 2.45) is 5.92 Å². The van der Waals surface area contributed by atoms with E-state index in [1.807, 2.05) is 0 Å². The van der Waals surface area contributed by atoms with E-state index < -0.39 is 17.6 Å². The smallest absolute Gasteiger partial charge is 0.303 e. The molecule has 94 valence electrons. The fraction of sp³-hybridized carbons (Fsp3) is 0.417. The van der Waals surface area contributed by atoms with Gasteiger partial charge in [-0.1, -0.05) is 6.92 Å². The number of rotatable bonds is 5. The summed E-state index contributed by atoms with van der Waals surface area (Å²) in [6, 6.07) is 2.24. The summed E-state index contributed by atoms with van der Waals surface area (Å²) in [5.41, 5.74) is 0.280. The molecule has 0 saturated heterocycles. The number of carboxylic acid groups (broad SMARTS) is 1. The molecular weight excluding hydrogens is 294 g/mol. The summed E-state index contributed by atoms with van der Waals surface area (Å²) in [5, 5.41) is 8.58. The fourth-order valence-electron chi connectivity index (χ4n) is 1.56. The molecular formula is C12H13BrF2O2. The molecule has 0 aliphatic heterocycles. The number of benzene rings is 1. The maximum absolute atomic E-state index is 13.4. The summed E-state index contributed by atoms with van der Waals surface area (Å²) in [5.74, 6) is -1.91. The molecule has 1 unspecified atom stereocenters. The highest BCUT2D eigenvalue weighted by atomic mass is 79.9. The highest BCUT2D eigenvalue weighted by Crippen LogP contribution is 2.22. The second kappa shape index (κ2) is 6.10. The second-order valence-electron chi connectivity index (χ2n) is 4.10. The van der Waals surface area contributed by atoms with E-state index in [1.165, 1.54) is 0 Å². The van der Waals surface area contributed by atoms with Gasteiger partial charge in [0.25, 0.3) is 0 Å². The number of halogens is 3. The van der Waals surface area contributed by atoms with Crippen molar-refractivity contribution in [2.45, 2.75) is 26.2 Å². The third-order valence-corrected chi connectivity index (χ3v) is 3.13. The predicted octanol–water partition coefficient (Wildman–Crippen LogP) is 3.77. The lowest BCUT2D eigenvalue weighted by Gasteiger charge is -2.09. The van der Waals surface area contributed by atoms with Gasteiger partial charge in [0.2, 0.25) is 0 Å². The lowest BCUT2D eigenvalue weighted by atomic mass is 9.98. The van der Waals surface area contributed by atoms with Crippen LogP contribution in [0.4, 0.5) is 8.78 Å². The highest BCUT2D eigenvalue weighted by molar-refractivity contribution is 9.10. The fourth-order valence-corrected chi connectivity index (χ4v) is 1.87. The number of hydrogen-bond donors (Lipinski definition) is 1. The van der Waals surface area contributed by atoms with Gasteiger partial charge in [-0.2, -0.15) is 0 Å².